The summed E-state index contributed by atoms with van der Waals surface area (Å²) < 4.78 is 18.0. The highest BCUT2D eigenvalue weighted by Crippen LogP contribution is 2.35. The van der Waals surface area contributed by atoms with Gasteiger partial charge in [0.15, 0.2) is 17.3 Å². The second-order valence-corrected chi connectivity index (χ2v) is 5.61. The van der Waals surface area contributed by atoms with Gasteiger partial charge in [-0.25, -0.2) is 9.67 Å². The fraction of sp³-hybridized carbons (Fsp3) is 0.222. The van der Waals surface area contributed by atoms with Crippen LogP contribution in [0, 0.1) is 6.92 Å². The van der Waals surface area contributed by atoms with Crippen molar-refractivity contribution in [3.05, 3.63) is 42.2 Å². The minimum absolute atomic E-state index is 0.0746. The quantitative estimate of drug-likeness (QED) is 0.790. The Morgan fingerprint density at radius 2 is 1.88 bits per heavy atom. The minimum atomic E-state index is 0.0746. The molecule has 25 heavy (non-hydrogen) atoms. The van der Waals surface area contributed by atoms with Gasteiger partial charge in [-0.1, -0.05) is 0 Å². The van der Waals surface area contributed by atoms with Crippen molar-refractivity contribution in [3.8, 4) is 40.1 Å². The average molecular weight is 339 g/mol. The normalized spacial score (nSPS) is 12.9. The van der Waals surface area contributed by atoms with Crippen molar-refractivity contribution in [1.29, 1.82) is 0 Å². The number of nitrogens with zero attached hydrogens (tertiary/aromatic N) is 3. The summed E-state index contributed by atoms with van der Waals surface area (Å²) in [4.78, 5) is 4.46. The lowest BCUT2D eigenvalue weighted by Gasteiger charge is -2.19. The van der Waals surface area contributed by atoms with E-state index in [1.807, 2.05) is 18.2 Å². The molecule has 3 aromatic rings. The zero-order valence-corrected chi connectivity index (χ0v) is 13.9. The fourth-order valence-corrected chi connectivity index (χ4v) is 2.76. The molecular weight excluding hydrogens is 322 g/mol. The zero-order valence-electron chi connectivity index (χ0n) is 13.9. The summed E-state index contributed by atoms with van der Waals surface area (Å²) >= 11 is 0. The van der Waals surface area contributed by atoms with Gasteiger partial charge in [-0.2, -0.15) is 5.10 Å². The first kappa shape index (κ1) is 15.3. The molecule has 0 amide bonds. The molecule has 0 radical (unpaired) electrons. The molecule has 0 saturated heterocycles. The monoisotopic (exact) mass is 339 g/mol. The largest absolute Gasteiger partial charge is 0.507 e. The standard InChI is InChI=1S/C18H17N3O4/c1-11-19-18(14-5-4-13(23-2)10-15(14)22)21(20-11)12-3-6-16-17(9-12)25-8-7-24-16/h3-6,9-10,22H,7-8H2,1-2H3. The number of aromatic hydroxyl groups is 1. The summed E-state index contributed by atoms with van der Waals surface area (Å²) in [6.45, 7) is 2.86. The second kappa shape index (κ2) is 6.01. The molecule has 2 heterocycles. The summed E-state index contributed by atoms with van der Waals surface area (Å²) in [5.41, 5.74) is 1.34. The topological polar surface area (TPSA) is 78.6 Å². The number of aromatic nitrogens is 3. The van der Waals surface area contributed by atoms with Crippen LogP contribution in [0.5, 0.6) is 23.0 Å². The molecule has 7 nitrogen and oxygen atoms in total. The molecule has 4 rings (SSSR count). The van der Waals surface area contributed by atoms with Crippen LogP contribution in [0.2, 0.25) is 0 Å². The molecule has 1 aromatic heterocycles. The Bertz CT molecular complexity index is 936. The number of hydrogen-bond donors (Lipinski definition) is 1. The number of phenols is 1. The van der Waals surface area contributed by atoms with Crippen molar-refractivity contribution in [2.24, 2.45) is 0 Å². The third kappa shape index (κ3) is 2.73. The fourth-order valence-electron chi connectivity index (χ4n) is 2.76. The zero-order chi connectivity index (χ0) is 17.4. The highest BCUT2D eigenvalue weighted by molar-refractivity contribution is 5.67. The van der Waals surface area contributed by atoms with Crippen LogP contribution in [0.3, 0.4) is 0 Å². The molecule has 0 spiro atoms. The summed E-state index contributed by atoms with van der Waals surface area (Å²) in [6, 6.07) is 10.7. The van der Waals surface area contributed by atoms with E-state index in [4.69, 9.17) is 14.2 Å². The maximum absolute atomic E-state index is 10.3. The van der Waals surface area contributed by atoms with E-state index in [1.54, 1.807) is 36.9 Å². The second-order valence-electron chi connectivity index (χ2n) is 5.61. The van der Waals surface area contributed by atoms with E-state index in [9.17, 15) is 5.11 Å². The van der Waals surface area contributed by atoms with Gasteiger partial charge in [0.2, 0.25) is 0 Å². The van der Waals surface area contributed by atoms with Gasteiger partial charge in [0.05, 0.1) is 18.4 Å². The van der Waals surface area contributed by atoms with E-state index in [-0.39, 0.29) is 5.75 Å². The molecule has 128 valence electrons. The van der Waals surface area contributed by atoms with E-state index in [0.717, 1.165) is 5.69 Å². The molecule has 1 aliphatic rings. The van der Waals surface area contributed by atoms with E-state index >= 15 is 0 Å². The van der Waals surface area contributed by atoms with Gasteiger partial charge < -0.3 is 19.3 Å². The van der Waals surface area contributed by atoms with Crippen LogP contribution >= 0.6 is 0 Å². The Balaban J connectivity index is 1.82. The van der Waals surface area contributed by atoms with Gasteiger partial charge in [0, 0.05) is 12.1 Å². The molecule has 0 unspecified atom stereocenters. The van der Waals surface area contributed by atoms with Crippen molar-refractivity contribution in [1.82, 2.24) is 14.8 Å². The van der Waals surface area contributed by atoms with Crippen LogP contribution in [-0.2, 0) is 0 Å². The van der Waals surface area contributed by atoms with Gasteiger partial charge in [0.25, 0.3) is 0 Å². The first-order valence-electron chi connectivity index (χ1n) is 7.87. The Morgan fingerprint density at radius 1 is 1.08 bits per heavy atom. The third-order valence-electron chi connectivity index (χ3n) is 3.93. The molecular formula is C18H17N3O4. The number of rotatable bonds is 3. The van der Waals surface area contributed by atoms with Crippen LogP contribution in [0.25, 0.3) is 17.1 Å². The van der Waals surface area contributed by atoms with Crippen LogP contribution in [0.1, 0.15) is 5.82 Å². The molecule has 2 aromatic carbocycles. The SMILES string of the molecule is COc1ccc(-c2nc(C)nn2-c2ccc3c(c2)OCCO3)c(O)c1. The molecule has 1 aliphatic heterocycles. The van der Waals surface area contributed by atoms with Crippen LogP contribution in [0.4, 0.5) is 0 Å². The Kier molecular flexibility index (Phi) is 3.68. The van der Waals surface area contributed by atoms with E-state index < -0.39 is 0 Å². The van der Waals surface area contributed by atoms with Crippen LogP contribution in [-0.4, -0.2) is 40.2 Å². The minimum Gasteiger partial charge on any atom is -0.507 e. The summed E-state index contributed by atoms with van der Waals surface area (Å²) in [6.07, 6.45) is 0. The number of hydrogen-bond acceptors (Lipinski definition) is 6. The third-order valence-corrected chi connectivity index (χ3v) is 3.93. The van der Waals surface area contributed by atoms with Crippen LogP contribution in [0.15, 0.2) is 36.4 Å². The Morgan fingerprint density at radius 3 is 2.64 bits per heavy atom. The number of methoxy groups -OCH3 is 1. The predicted molar refractivity (Wildman–Crippen MR) is 90.7 cm³/mol. The summed E-state index contributed by atoms with van der Waals surface area (Å²) in [5, 5.41) is 14.8. The van der Waals surface area contributed by atoms with Crippen molar-refractivity contribution < 1.29 is 19.3 Å². The van der Waals surface area contributed by atoms with Crippen molar-refractivity contribution in [3.63, 3.8) is 0 Å². The predicted octanol–water partition coefficient (Wildman–Crippen LogP) is 2.73. The van der Waals surface area contributed by atoms with Gasteiger partial charge in [-0.3, -0.25) is 0 Å². The van der Waals surface area contributed by atoms with E-state index in [2.05, 4.69) is 10.1 Å². The highest BCUT2D eigenvalue weighted by Gasteiger charge is 2.18. The Hall–Kier alpha value is -3.22. The number of ether oxygens (including phenoxy) is 3. The number of aryl methyl sites for hydroxylation is 1. The summed E-state index contributed by atoms with van der Waals surface area (Å²) in [7, 11) is 1.55. The van der Waals surface area contributed by atoms with Crippen molar-refractivity contribution in [2.45, 2.75) is 6.92 Å². The molecule has 7 heteroatoms. The molecule has 0 aliphatic carbocycles. The lowest BCUT2D eigenvalue weighted by Crippen LogP contribution is -2.15. The lowest BCUT2D eigenvalue weighted by atomic mass is 10.1. The van der Waals surface area contributed by atoms with Gasteiger partial charge in [-0.15, -0.1) is 0 Å². The number of benzene rings is 2. The highest BCUT2D eigenvalue weighted by atomic mass is 16.6. The van der Waals surface area contributed by atoms with Gasteiger partial charge in [0.1, 0.15) is 30.5 Å². The maximum atomic E-state index is 10.3. The first-order chi connectivity index (χ1) is 12.2. The molecule has 0 saturated carbocycles. The van der Waals surface area contributed by atoms with E-state index in [1.165, 1.54) is 0 Å². The van der Waals surface area contributed by atoms with Crippen molar-refractivity contribution >= 4 is 0 Å². The maximum Gasteiger partial charge on any atom is 0.167 e. The average Bonchev–Trinajstić information content (AvgIpc) is 3.02. The van der Waals surface area contributed by atoms with Gasteiger partial charge in [-0.05, 0) is 31.2 Å². The van der Waals surface area contributed by atoms with Crippen LogP contribution < -0.4 is 14.2 Å². The van der Waals surface area contributed by atoms with E-state index in [0.29, 0.717) is 47.7 Å². The molecule has 0 atom stereocenters. The molecule has 1 N–H and O–H groups in total. The summed E-state index contributed by atoms with van der Waals surface area (Å²) in [5.74, 6) is 3.16. The smallest absolute Gasteiger partial charge is 0.167 e. The number of fused-ring (bicyclic) bond motifs is 1. The van der Waals surface area contributed by atoms with Crippen molar-refractivity contribution in [2.75, 3.05) is 20.3 Å². The first-order valence-corrected chi connectivity index (χ1v) is 7.87. The lowest BCUT2D eigenvalue weighted by molar-refractivity contribution is 0.171. The van der Waals surface area contributed by atoms with Gasteiger partial charge >= 0.3 is 0 Å². The Labute approximate surface area is 144 Å². The number of phenolic OH excluding ortho intramolecular Hbond substituents is 1. The molecule has 0 bridgehead atoms. The molecule has 0 fully saturated rings.